The molecule has 0 aromatic carbocycles. The Kier molecular flexibility index (Phi) is 2.80. The van der Waals surface area contributed by atoms with E-state index in [-0.39, 0.29) is 6.23 Å². The lowest BCUT2D eigenvalue weighted by atomic mass is 10.2. The van der Waals surface area contributed by atoms with E-state index in [1.807, 2.05) is 6.20 Å². The number of aromatic nitrogens is 1. The van der Waals surface area contributed by atoms with Gasteiger partial charge in [-0.3, -0.25) is 0 Å². The van der Waals surface area contributed by atoms with Crippen molar-refractivity contribution >= 4 is 16.5 Å². The first-order chi connectivity index (χ1) is 6.34. The largest absolute Gasteiger partial charge is 0.359 e. The Hall–Kier alpha value is -0.610. The number of aryl methyl sites for hydroxylation is 1. The van der Waals surface area contributed by atoms with Gasteiger partial charge in [-0.2, -0.15) is 0 Å². The summed E-state index contributed by atoms with van der Waals surface area (Å²) in [5.74, 6) is 0. The highest BCUT2D eigenvalue weighted by molar-refractivity contribution is 7.15. The molecule has 0 bridgehead atoms. The minimum absolute atomic E-state index is 0.180. The fourth-order valence-corrected chi connectivity index (χ4v) is 2.12. The van der Waals surface area contributed by atoms with Gasteiger partial charge in [0.25, 0.3) is 0 Å². The van der Waals surface area contributed by atoms with Crippen LogP contribution in [0.5, 0.6) is 0 Å². The highest BCUT2D eigenvalue weighted by Gasteiger charge is 2.14. The van der Waals surface area contributed by atoms with Crippen LogP contribution < -0.4 is 5.32 Å². The summed E-state index contributed by atoms with van der Waals surface area (Å²) in [5.41, 5.74) is 0. The Balaban J connectivity index is 1.89. The van der Waals surface area contributed by atoms with Gasteiger partial charge in [-0.15, -0.1) is 11.3 Å². The maximum Gasteiger partial charge on any atom is 0.184 e. The third-order valence-corrected chi connectivity index (χ3v) is 2.93. The number of anilines is 1. The van der Waals surface area contributed by atoms with Crippen LogP contribution in [0.25, 0.3) is 0 Å². The fraction of sp³-hybridized carbons (Fsp3) is 0.667. The second-order valence-corrected chi connectivity index (χ2v) is 4.51. The fourth-order valence-electron chi connectivity index (χ4n) is 1.41. The SMILES string of the molecule is Cc1cnc(NC2CCCCO2)s1. The molecule has 1 atom stereocenters. The van der Waals surface area contributed by atoms with Crippen LogP contribution in [0.2, 0.25) is 0 Å². The van der Waals surface area contributed by atoms with E-state index in [0.29, 0.717) is 0 Å². The zero-order chi connectivity index (χ0) is 9.10. The number of hydrogen-bond acceptors (Lipinski definition) is 4. The highest BCUT2D eigenvalue weighted by atomic mass is 32.1. The van der Waals surface area contributed by atoms with E-state index in [1.54, 1.807) is 11.3 Å². The second kappa shape index (κ2) is 4.07. The molecule has 1 aliphatic rings. The zero-order valence-electron chi connectivity index (χ0n) is 7.75. The number of hydrogen-bond donors (Lipinski definition) is 1. The van der Waals surface area contributed by atoms with E-state index in [0.717, 1.165) is 18.2 Å². The molecule has 0 radical (unpaired) electrons. The molecule has 4 heteroatoms. The van der Waals surface area contributed by atoms with Crippen LogP contribution in [0.4, 0.5) is 5.13 Å². The van der Waals surface area contributed by atoms with E-state index >= 15 is 0 Å². The van der Waals surface area contributed by atoms with Gasteiger partial charge in [0.1, 0.15) is 6.23 Å². The maximum absolute atomic E-state index is 5.55. The molecule has 1 unspecified atom stereocenters. The maximum atomic E-state index is 5.55. The average molecular weight is 198 g/mol. The number of nitrogens with zero attached hydrogens (tertiary/aromatic N) is 1. The van der Waals surface area contributed by atoms with Gasteiger partial charge in [0, 0.05) is 17.7 Å². The lowest BCUT2D eigenvalue weighted by Crippen LogP contribution is -2.26. The van der Waals surface area contributed by atoms with Crippen LogP contribution in [0, 0.1) is 6.92 Å². The number of thiazole rings is 1. The van der Waals surface area contributed by atoms with Gasteiger partial charge in [0.05, 0.1) is 0 Å². The normalized spacial score (nSPS) is 23.0. The van der Waals surface area contributed by atoms with E-state index < -0.39 is 0 Å². The van der Waals surface area contributed by atoms with Gasteiger partial charge in [-0.25, -0.2) is 4.98 Å². The standard InChI is InChI=1S/C9H14N2OS/c1-7-6-10-9(13-7)11-8-4-2-3-5-12-8/h6,8H,2-5H2,1H3,(H,10,11). The number of nitrogens with one attached hydrogen (secondary N) is 1. The van der Waals surface area contributed by atoms with Crippen molar-refractivity contribution in [2.45, 2.75) is 32.4 Å². The summed E-state index contributed by atoms with van der Waals surface area (Å²) in [6.07, 6.45) is 5.60. The van der Waals surface area contributed by atoms with Crippen LogP contribution >= 0.6 is 11.3 Å². The van der Waals surface area contributed by atoms with Crippen molar-refractivity contribution in [1.82, 2.24) is 4.98 Å². The molecule has 72 valence electrons. The molecule has 2 rings (SSSR count). The van der Waals surface area contributed by atoms with Gasteiger partial charge in [0.15, 0.2) is 5.13 Å². The molecular formula is C9H14N2OS. The van der Waals surface area contributed by atoms with Crippen LogP contribution in [-0.2, 0) is 4.74 Å². The number of ether oxygens (including phenoxy) is 1. The molecule has 13 heavy (non-hydrogen) atoms. The van der Waals surface area contributed by atoms with Gasteiger partial charge >= 0.3 is 0 Å². The van der Waals surface area contributed by atoms with Gasteiger partial charge < -0.3 is 10.1 Å². The third kappa shape index (κ3) is 2.42. The van der Waals surface area contributed by atoms with E-state index in [1.165, 1.54) is 17.7 Å². The Labute approximate surface area is 82.1 Å². The molecule has 1 fully saturated rings. The van der Waals surface area contributed by atoms with Gasteiger partial charge in [0.2, 0.25) is 0 Å². The first kappa shape index (κ1) is 8.97. The van der Waals surface area contributed by atoms with Crippen molar-refractivity contribution in [2.75, 3.05) is 11.9 Å². The summed E-state index contributed by atoms with van der Waals surface area (Å²) in [6.45, 7) is 2.94. The number of rotatable bonds is 2. The van der Waals surface area contributed by atoms with Crippen molar-refractivity contribution in [1.29, 1.82) is 0 Å². The molecule has 1 aliphatic heterocycles. The lowest BCUT2D eigenvalue weighted by molar-refractivity contribution is 0.0343. The van der Waals surface area contributed by atoms with Crippen LogP contribution in [0.1, 0.15) is 24.1 Å². The molecular weight excluding hydrogens is 184 g/mol. The Morgan fingerprint density at radius 1 is 1.62 bits per heavy atom. The van der Waals surface area contributed by atoms with Gasteiger partial charge in [-0.1, -0.05) is 0 Å². The topological polar surface area (TPSA) is 34.2 Å². The van der Waals surface area contributed by atoms with Crippen molar-refractivity contribution in [3.63, 3.8) is 0 Å². The molecule has 0 saturated carbocycles. The molecule has 0 spiro atoms. The first-order valence-electron chi connectivity index (χ1n) is 4.65. The Bertz CT molecular complexity index is 268. The quantitative estimate of drug-likeness (QED) is 0.792. The molecule has 1 N–H and O–H groups in total. The molecule has 1 aromatic heterocycles. The summed E-state index contributed by atoms with van der Waals surface area (Å²) >= 11 is 1.68. The summed E-state index contributed by atoms with van der Waals surface area (Å²) < 4.78 is 5.55. The summed E-state index contributed by atoms with van der Waals surface area (Å²) in [7, 11) is 0. The monoisotopic (exact) mass is 198 g/mol. The van der Waals surface area contributed by atoms with Crippen LogP contribution in [0.3, 0.4) is 0 Å². The minimum atomic E-state index is 0.180. The van der Waals surface area contributed by atoms with E-state index in [2.05, 4.69) is 17.2 Å². The Morgan fingerprint density at radius 2 is 2.54 bits per heavy atom. The van der Waals surface area contributed by atoms with Crippen molar-refractivity contribution < 1.29 is 4.74 Å². The molecule has 3 nitrogen and oxygen atoms in total. The summed E-state index contributed by atoms with van der Waals surface area (Å²) in [6, 6.07) is 0. The van der Waals surface area contributed by atoms with Crippen molar-refractivity contribution in [2.24, 2.45) is 0 Å². The lowest BCUT2D eigenvalue weighted by Gasteiger charge is -2.22. The first-order valence-corrected chi connectivity index (χ1v) is 5.47. The van der Waals surface area contributed by atoms with E-state index in [4.69, 9.17) is 4.74 Å². The third-order valence-electron chi connectivity index (χ3n) is 2.09. The predicted octanol–water partition coefficient (Wildman–Crippen LogP) is 2.39. The predicted molar refractivity (Wildman–Crippen MR) is 54.1 cm³/mol. The summed E-state index contributed by atoms with van der Waals surface area (Å²) in [4.78, 5) is 5.47. The highest BCUT2D eigenvalue weighted by Crippen LogP contribution is 2.20. The van der Waals surface area contributed by atoms with Crippen molar-refractivity contribution in [3.05, 3.63) is 11.1 Å². The molecule has 1 aromatic rings. The minimum Gasteiger partial charge on any atom is -0.359 e. The van der Waals surface area contributed by atoms with Crippen LogP contribution in [0.15, 0.2) is 6.20 Å². The molecule has 0 amide bonds. The zero-order valence-corrected chi connectivity index (χ0v) is 8.56. The second-order valence-electron chi connectivity index (χ2n) is 3.28. The average Bonchev–Trinajstić information content (AvgIpc) is 2.53. The van der Waals surface area contributed by atoms with E-state index in [9.17, 15) is 0 Å². The Morgan fingerprint density at radius 3 is 3.15 bits per heavy atom. The van der Waals surface area contributed by atoms with Crippen molar-refractivity contribution in [3.8, 4) is 0 Å². The summed E-state index contributed by atoms with van der Waals surface area (Å²) in [5, 5.41) is 4.26. The van der Waals surface area contributed by atoms with Crippen LogP contribution in [-0.4, -0.2) is 17.8 Å². The molecule has 0 aliphatic carbocycles. The smallest absolute Gasteiger partial charge is 0.184 e. The van der Waals surface area contributed by atoms with Gasteiger partial charge in [-0.05, 0) is 26.2 Å². The molecule has 2 heterocycles. The molecule has 1 saturated heterocycles.